The average molecular weight is 428 g/mol. The molecule has 2 aromatic carbocycles. The Kier molecular flexibility index (Phi) is 4.23. The molecular formula is C25H24N4O3. The highest BCUT2D eigenvalue weighted by atomic mass is 16.3. The molecule has 0 spiro atoms. The summed E-state index contributed by atoms with van der Waals surface area (Å²) >= 11 is 0. The fourth-order valence-corrected chi connectivity index (χ4v) is 5.32. The first-order valence-electron chi connectivity index (χ1n) is 11.1. The molecule has 2 atom stereocenters. The number of nitrogens with zero attached hydrogens (tertiary/aromatic N) is 3. The van der Waals surface area contributed by atoms with E-state index in [2.05, 4.69) is 22.1 Å². The number of fused-ring (bicyclic) bond motifs is 4. The molecule has 0 saturated heterocycles. The number of aromatic nitrogens is 3. The average Bonchev–Trinajstić information content (AvgIpc) is 3.51. The van der Waals surface area contributed by atoms with Crippen LogP contribution in [0.25, 0.3) is 16.6 Å². The maximum Gasteiger partial charge on any atom is 0.274 e. The molecule has 7 nitrogen and oxygen atoms in total. The summed E-state index contributed by atoms with van der Waals surface area (Å²) in [4.78, 5) is 35.5. The molecule has 162 valence electrons. The maximum absolute atomic E-state index is 13.4. The molecule has 1 saturated carbocycles. The van der Waals surface area contributed by atoms with E-state index in [1.165, 1.54) is 11.1 Å². The van der Waals surface area contributed by atoms with Gasteiger partial charge in [0.2, 0.25) is 0 Å². The Bertz CT molecular complexity index is 1430. The lowest BCUT2D eigenvalue weighted by Gasteiger charge is -2.18. The van der Waals surface area contributed by atoms with Crippen LogP contribution in [0.5, 0.6) is 0 Å². The third-order valence-electron chi connectivity index (χ3n) is 7.02. The summed E-state index contributed by atoms with van der Waals surface area (Å²) in [6.07, 6.45) is 3.66. The molecule has 1 amide bonds. The standard InChI is InChI=1S/C25H24N4O3/c1-14-9-20-19(10-18(14)25(32)28-12-15-5-2-3-6-16(15)13-28)27-24(31)21-11-26-23(29(20)21)17-7-4-8-22(17)30/h2-3,5-6,9-11,17,22,30H,4,7-8,12-13H2,1H3,(H,27,31). The summed E-state index contributed by atoms with van der Waals surface area (Å²) in [6.45, 7) is 3.11. The van der Waals surface area contributed by atoms with Gasteiger partial charge in [0.1, 0.15) is 11.3 Å². The monoisotopic (exact) mass is 428 g/mol. The van der Waals surface area contributed by atoms with Gasteiger partial charge in [-0.05, 0) is 48.6 Å². The number of aliphatic hydroxyl groups is 1. The molecule has 2 N–H and O–H groups in total. The van der Waals surface area contributed by atoms with E-state index in [1.54, 1.807) is 12.3 Å². The zero-order valence-electron chi connectivity index (χ0n) is 17.8. The maximum atomic E-state index is 13.4. The number of nitrogens with one attached hydrogen (secondary N) is 1. The molecule has 2 aliphatic rings. The number of aryl methyl sites for hydroxylation is 1. The van der Waals surface area contributed by atoms with Crippen molar-refractivity contribution in [2.75, 3.05) is 0 Å². The lowest BCUT2D eigenvalue weighted by atomic mass is 10.0. The van der Waals surface area contributed by atoms with Gasteiger partial charge in [-0.3, -0.25) is 14.0 Å². The van der Waals surface area contributed by atoms with Gasteiger partial charge in [0, 0.05) is 24.6 Å². The Hall–Kier alpha value is -3.45. The fourth-order valence-electron chi connectivity index (χ4n) is 5.32. The lowest BCUT2D eigenvalue weighted by molar-refractivity contribution is 0.0751. The summed E-state index contributed by atoms with van der Waals surface area (Å²) in [5.41, 5.74) is 5.38. The predicted octanol–water partition coefficient (Wildman–Crippen LogP) is 3.27. The summed E-state index contributed by atoms with van der Waals surface area (Å²) in [5, 5.41) is 10.4. The molecule has 2 aromatic heterocycles. The molecule has 1 fully saturated rings. The number of aromatic amines is 1. The van der Waals surface area contributed by atoms with E-state index >= 15 is 0 Å². The van der Waals surface area contributed by atoms with E-state index < -0.39 is 6.10 Å². The molecule has 1 aliphatic heterocycles. The number of aliphatic hydroxyl groups excluding tert-OH is 1. The Morgan fingerprint density at radius 2 is 1.88 bits per heavy atom. The second-order valence-electron chi connectivity index (χ2n) is 9.01. The Morgan fingerprint density at radius 3 is 2.56 bits per heavy atom. The zero-order valence-corrected chi connectivity index (χ0v) is 17.8. The minimum absolute atomic E-state index is 0.0429. The van der Waals surface area contributed by atoms with Crippen molar-refractivity contribution in [2.24, 2.45) is 0 Å². The fraction of sp³-hybridized carbons (Fsp3) is 0.320. The van der Waals surface area contributed by atoms with Crippen LogP contribution in [-0.2, 0) is 13.1 Å². The number of rotatable bonds is 2. The van der Waals surface area contributed by atoms with Gasteiger partial charge in [0.15, 0.2) is 0 Å². The van der Waals surface area contributed by atoms with E-state index in [1.807, 2.05) is 34.4 Å². The van der Waals surface area contributed by atoms with Gasteiger partial charge in [0.05, 0.1) is 23.3 Å². The largest absolute Gasteiger partial charge is 0.392 e. The number of imidazole rings is 1. The van der Waals surface area contributed by atoms with Crippen molar-refractivity contribution in [1.29, 1.82) is 0 Å². The first-order valence-corrected chi connectivity index (χ1v) is 11.1. The molecule has 32 heavy (non-hydrogen) atoms. The van der Waals surface area contributed by atoms with E-state index in [0.29, 0.717) is 29.7 Å². The summed E-state index contributed by atoms with van der Waals surface area (Å²) in [6, 6.07) is 11.8. The van der Waals surface area contributed by atoms with Gasteiger partial charge in [-0.25, -0.2) is 4.98 Å². The van der Waals surface area contributed by atoms with Crippen molar-refractivity contribution in [3.8, 4) is 0 Å². The van der Waals surface area contributed by atoms with Crippen LogP contribution >= 0.6 is 0 Å². The second-order valence-corrected chi connectivity index (χ2v) is 9.01. The van der Waals surface area contributed by atoms with Crippen molar-refractivity contribution >= 4 is 22.5 Å². The van der Waals surface area contributed by atoms with Gasteiger partial charge < -0.3 is 15.0 Å². The predicted molar refractivity (Wildman–Crippen MR) is 121 cm³/mol. The highest BCUT2D eigenvalue weighted by Gasteiger charge is 2.31. The minimum atomic E-state index is -0.450. The number of H-pyrrole nitrogens is 1. The van der Waals surface area contributed by atoms with Crippen molar-refractivity contribution in [3.05, 3.63) is 81.0 Å². The van der Waals surface area contributed by atoms with Gasteiger partial charge in [-0.2, -0.15) is 0 Å². The molecule has 0 bridgehead atoms. The molecule has 4 aromatic rings. The Morgan fingerprint density at radius 1 is 1.12 bits per heavy atom. The van der Waals surface area contributed by atoms with Crippen molar-refractivity contribution in [1.82, 2.24) is 19.3 Å². The van der Waals surface area contributed by atoms with Crippen LogP contribution in [-0.4, -0.2) is 36.4 Å². The molecule has 6 rings (SSSR count). The second kappa shape index (κ2) is 7.03. The quantitative estimate of drug-likeness (QED) is 0.513. The summed E-state index contributed by atoms with van der Waals surface area (Å²) < 4.78 is 1.86. The van der Waals surface area contributed by atoms with Gasteiger partial charge in [-0.15, -0.1) is 0 Å². The normalized spacial score (nSPS) is 20.4. The first kappa shape index (κ1) is 19.3. The number of carbonyl (C=O) groups is 1. The Labute approximate surface area is 184 Å². The molecule has 1 aliphatic carbocycles. The van der Waals surface area contributed by atoms with E-state index in [-0.39, 0.29) is 17.4 Å². The van der Waals surface area contributed by atoms with Crippen LogP contribution < -0.4 is 5.56 Å². The van der Waals surface area contributed by atoms with Crippen molar-refractivity contribution in [2.45, 2.75) is 51.3 Å². The van der Waals surface area contributed by atoms with Crippen molar-refractivity contribution < 1.29 is 9.90 Å². The van der Waals surface area contributed by atoms with E-state index in [9.17, 15) is 14.7 Å². The van der Waals surface area contributed by atoms with Crippen LogP contribution in [0.4, 0.5) is 0 Å². The van der Waals surface area contributed by atoms with Crippen LogP contribution in [0.1, 0.15) is 58.1 Å². The molecule has 3 heterocycles. The van der Waals surface area contributed by atoms with Crippen LogP contribution in [0.3, 0.4) is 0 Å². The van der Waals surface area contributed by atoms with Gasteiger partial charge in [0.25, 0.3) is 11.5 Å². The van der Waals surface area contributed by atoms with E-state index in [4.69, 9.17) is 0 Å². The van der Waals surface area contributed by atoms with Crippen LogP contribution in [0.2, 0.25) is 0 Å². The minimum Gasteiger partial charge on any atom is -0.392 e. The van der Waals surface area contributed by atoms with Crippen molar-refractivity contribution in [3.63, 3.8) is 0 Å². The summed E-state index contributed by atoms with van der Waals surface area (Å²) in [7, 11) is 0. The first-order chi connectivity index (χ1) is 15.5. The zero-order chi connectivity index (χ0) is 22.0. The van der Waals surface area contributed by atoms with E-state index in [0.717, 1.165) is 36.2 Å². The topological polar surface area (TPSA) is 90.7 Å². The van der Waals surface area contributed by atoms with Gasteiger partial charge in [-0.1, -0.05) is 30.7 Å². The smallest absolute Gasteiger partial charge is 0.274 e. The van der Waals surface area contributed by atoms with Crippen LogP contribution in [0.15, 0.2) is 47.4 Å². The summed E-state index contributed by atoms with van der Waals surface area (Å²) in [5.74, 6) is 0.584. The number of benzene rings is 2. The lowest BCUT2D eigenvalue weighted by Crippen LogP contribution is -2.26. The van der Waals surface area contributed by atoms with Crippen LogP contribution in [0, 0.1) is 6.92 Å². The highest BCUT2D eigenvalue weighted by Crippen LogP contribution is 2.35. The third-order valence-corrected chi connectivity index (χ3v) is 7.02. The SMILES string of the molecule is Cc1cc2c(cc1C(=O)N1Cc3ccccc3C1)[nH]c(=O)c1cnc(C3CCCC3O)n12. The molecule has 7 heteroatoms. The molecule has 0 radical (unpaired) electrons. The highest BCUT2D eigenvalue weighted by molar-refractivity contribution is 5.99. The number of hydrogen-bond donors (Lipinski definition) is 2. The van der Waals surface area contributed by atoms with Gasteiger partial charge >= 0.3 is 0 Å². The Balaban J connectivity index is 1.47. The molecule has 2 unspecified atom stereocenters. The number of amides is 1. The molecular weight excluding hydrogens is 404 g/mol. The number of hydrogen-bond acceptors (Lipinski definition) is 4. The number of carbonyl (C=O) groups excluding carboxylic acids is 1. The third kappa shape index (κ3) is 2.81.